The Labute approximate surface area is 143 Å². The number of benzene rings is 1. The second kappa shape index (κ2) is 7.35. The first-order chi connectivity index (χ1) is 11.3. The summed E-state index contributed by atoms with van der Waals surface area (Å²) in [6, 6.07) is 4.80. The van der Waals surface area contributed by atoms with Gasteiger partial charge in [0.15, 0.2) is 6.10 Å². The van der Waals surface area contributed by atoms with E-state index in [1.54, 1.807) is 32.0 Å². The molecule has 0 saturated carbocycles. The van der Waals surface area contributed by atoms with Gasteiger partial charge in [0, 0.05) is 5.02 Å². The molecule has 0 bridgehead atoms. The van der Waals surface area contributed by atoms with Gasteiger partial charge in [0.05, 0.1) is 18.5 Å². The van der Waals surface area contributed by atoms with Gasteiger partial charge in [0.1, 0.15) is 17.1 Å². The molecule has 1 heterocycles. The molecule has 24 heavy (non-hydrogen) atoms. The molecule has 1 amide bonds. The number of carbonyl (C=O) groups is 2. The third kappa shape index (κ3) is 3.86. The predicted octanol–water partition coefficient (Wildman–Crippen LogP) is 3.14. The van der Waals surface area contributed by atoms with E-state index in [-0.39, 0.29) is 5.56 Å². The van der Waals surface area contributed by atoms with Crippen molar-refractivity contribution in [1.82, 2.24) is 5.16 Å². The third-order valence-corrected chi connectivity index (χ3v) is 3.55. The molecule has 128 valence electrons. The zero-order valence-electron chi connectivity index (χ0n) is 13.7. The number of rotatable bonds is 5. The molecule has 0 spiro atoms. The van der Waals surface area contributed by atoms with Crippen molar-refractivity contribution in [2.75, 3.05) is 12.4 Å². The number of nitrogens with zero attached hydrogens (tertiary/aromatic N) is 1. The van der Waals surface area contributed by atoms with Crippen LogP contribution in [0.15, 0.2) is 22.7 Å². The minimum absolute atomic E-state index is 0.218. The highest BCUT2D eigenvalue weighted by Gasteiger charge is 2.24. The Balaban J connectivity index is 2.08. The number of aromatic nitrogens is 1. The summed E-state index contributed by atoms with van der Waals surface area (Å²) in [6.45, 7) is 4.68. The summed E-state index contributed by atoms with van der Waals surface area (Å²) < 4.78 is 15.2. The smallest absolute Gasteiger partial charge is 0.344 e. The minimum atomic E-state index is -1.03. The number of halogens is 1. The van der Waals surface area contributed by atoms with Crippen LogP contribution in [0.25, 0.3) is 0 Å². The Morgan fingerprint density at radius 2 is 2.04 bits per heavy atom. The van der Waals surface area contributed by atoms with Crippen LogP contribution in [0.5, 0.6) is 5.75 Å². The van der Waals surface area contributed by atoms with Crippen molar-refractivity contribution in [1.29, 1.82) is 0 Å². The van der Waals surface area contributed by atoms with Crippen LogP contribution in [0, 0.1) is 13.8 Å². The number of hydrogen-bond donors (Lipinski definition) is 1. The number of esters is 1. The number of ether oxygens (including phenoxy) is 2. The van der Waals surface area contributed by atoms with Crippen LogP contribution >= 0.6 is 11.6 Å². The maximum atomic E-state index is 12.2. The fraction of sp³-hybridized carbons (Fsp3) is 0.312. The first kappa shape index (κ1) is 17.8. The molecule has 0 aliphatic heterocycles. The van der Waals surface area contributed by atoms with E-state index in [0.717, 1.165) is 0 Å². The van der Waals surface area contributed by atoms with Crippen LogP contribution in [0.4, 0.5) is 5.69 Å². The number of nitrogens with one attached hydrogen (secondary N) is 1. The first-order valence-electron chi connectivity index (χ1n) is 7.11. The molecule has 1 atom stereocenters. The summed E-state index contributed by atoms with van der Waals surface area (Å²) in [7, 11) is 1.47. The Morgan fingerprint density at radius 3 is 2.62 bits per heavy atom. The highest BCUT2D eigenvalue weighted by molar-refractivity contribution is 6.31. The second-order valence-corrected chi connectivity index (χ2v) is 5.52. The fourth-order valence-corrected chi connectivity index (χ4v) is 2.23. The van der Waals surface area contributed by atoms with Crippen LogP contribution in [0.3, 0.4) is 0 Å². The molecule has 1 aromatic heterocycles. The van der Waals surface area contributed by atoms with Gasteiger partial charge in [-0.05, 0) is 39.0 Å². The van der Waals surface area contributed by atoms with E-state index in [2.05, 4.69) is 10.5 Å². The molecule has 2 rings (SSSR count). The van der Waals surface area contributed by atoms with Crippen molar-refractivity contribution in [3.63, 3.8) is 0 Å². The van der Waals surface area contributed by atoms with Crippen LogP contribution < -0.4 is 10.1 Å². The van der Waals surface area contributed by atoms with Crippen molar-refractivity contribution >= 4 is 29.2 Å². The van der Waals surface area contributed by atoms with Crippen LogP contribution in [-0.2, 0) is 9.53 Å². The Hall–Kier alpha value is -2.54. The molecule has 0 aliphatic rings. The van der Waals surface area contributed by atoms with Crippen LogP contribution in [0.2, 0.25) is 5.02 Å². The second-order valence-electron chi connectivity index (χ2n) is 5.08. The Bertz CT molecular complexity index is 752. The Kier molecular flexibility index (Phi) is 5.46. The zero-order chi connectivity index (χ0) is 17.9. The van der Waals surface area contributed by atoms with E-state index in [9.17, 15) is 9.59 Å². The summed E-state index contributed by atoms with van der Waals surface area (Å²) in [6.07, 6.45) is -1.03. The molecule has 8 heteroatoms. The molecule has 0 aliphatic carbocycles. The number of methoxy groups -OCH3 is 1. The van der Waals surface area contributed by atoms with Gasteiger partial charge in [-0.15, -0.1) is 0 Å². The van der Waals surface area contributed by atoms with Gasteiger partial charge in [-0.2, -0.15) is 0 Å². The summed E-state index contributed by atoms with van der Waals surface area (Å²) in [5.41, 5.74) is 1.01. The predicted molar refractivity (Wildman–Crippen MR) is 87.5 cm³/mol. The van der Waals surface area contributed by atoms with Crippen LogP contribution in [-0.4, -0.2) is 30.2 Å². The van der Waals surface area contributed by atoms with E-state index >= 15 is 0 Å². The van der Waals surface area contributed by atoms with Gasteiger partial charge in [0.2, 0.25) is 0 Å². The van der Waals surface area contributed by atoms with Gasteiger partial charge in [-0.3, -0.25) is 4.79 Å². The first-order valence-corrected chi connectivity index (χ1v) is 7.49. The molecule has 2 aromatic rings. The lowest BCUT2D eigenvalue weighted by molar-refractivity contribution is -0.123. The maximum Gasteiger partial charge on any atom is 0.344 e. The Morgan fingerprint density at radius 1 is 1.33 bits per heavy atom. The standard InChI is InChI=1S/C16H17ClN2O5/c1-8-14(9(2)24-19-8)16(21)23-10(3)15(20)18-12-7-11(17)5-6-13(12)22-4/h5-7,10H,1-4H3,(H,18,20)/t10-/m0/s1. The SMILES string of the molecule is COc1ccc(Cl)cc1NC(=O)[C@H](C)OC(=O)c1c(C)noc1C. The topological polar surface area (TPSA) is 90.7 Å². The average Bonchev–Trinajstić information content (AvgIpc) is 2.86. The van der Waals surface area contributed by atoms with Crippen molar-refractivity contribution in [3.05, 3.63) is 40.2 Å². The van der Waals surface area contributed by atoms with Crippen molar-refractivity contribution in [3.8, 4) is 5.75 Å². The molecular formula is C16H17ClN2O5. The van der Waals surface area contributed by atoms with E-state index in [0.29, 0.717) is 27.9 Å². The molecular weight excluding hydrogens is 336 g/mol. The van der Waals surface area contributed by atoms with Gasteiger partial charge in [-0.25, -0.2) is 4.79 Å². The van der Waals surface area contributed by atoms with E-state index < -0.39 is 18.0 Å². The lowest BCUT2D eigenvalue weighted by atomic mass is 10.2. The minimum Gasteiger partial charge on any atom is -0.495 e. The quantitative estimate of drug-likeness (QED) is 0.831. The largest absolute Gasteiger partial charge is 0.495 e. The molecule has 1 aromatic carbocycles. The van der Waals surface area contributed by atoms with Crippen molar-refractivity contribution in [2.24, 2.45) is 0 Å². The number of carbonyl (C=O) groups excluding carboxylic acids is 2. The molecule has 0 fully saturated rings. The number of hydrogen-bond acceptors (Lipinski definition) is 6. The maximum absolute atomic E-state index is 12.2. The summed E-state index contributed by atoms with van der Waals surface area (Å²) >= 11 is 5.91. The van der Waals surface area contributed by atoms with E-state index in [4.69, 9.17) is 25.6 Å². The fourth-order valence-electron chi connectivity index (χ4n) is 2.06. The normalized spacial score (nSPS) is 11.7. The van der Waals surface area contributed by atoms with Gasteiger partial charge in [0.25, 0.3) is 5.91 Å². The summed E-state index contributed by atoms with van der Waals surface area (Å²) in [5.74, 6) is -0.416. The number of amides is 1. The molecule has 0 radical (unpaired) electrons. The summed E-state index contributed by atoms with van der Waals surface area (Å²) in [4.78, 5) is 24.4. The lowest BCUT2D eigenvalue weighted by Gasteiger charge is -2.15. The third-order valence-electron chi connectivity index (χ3n) is 3.31. The summed E-state index contributed by atoms with van der Waals surface area (Å²) in [5, 5.41) is 6.74. The zero-order valence-corrected chi connectivity index (χ0v) is 14.4. The van der Waals surface area contributed by atoms with Gasteiger partial charge < -0.3 is 19.3 Å². The molecule has 1 N–H and O–H groups in total. The highest BCUT2D eigenvalue weighted by atomic mass is 35.5. The average molecular weight is 353 g/mol. The lowest BCUT2D eigenvalue weighted by Crippen LogP contribution is -2.30. The van der Waals surface area contributed by atoms with Gasteiger partial charge in [-0.1, -0.05) is 16.8 Å². The molecule has 0 unspecified atom stereocenters. The molecule has 7 nitrogen and oxygen atoms in total. The monoisotopic (exact) mass is 352 g/mol. The number of anilines is 1. The number of aryl methyl sites for hydroxylation is 2. The van der Waals surface area contributed by atoms with Gasteiger partial charge >= 0.3 is 5.97 Å². The van der Waals surface area contributed by atoms with Crippen molar-refractivity contribution < 1.29 is 23.6 Å². The molecule has 0 saturated heterocycles. The highest BCUT2D eigenvalue weighted by Crippen LogP contribution is 2.28. The van der Waals surface area contributed by atoms with Crippen molar-refractivity contribution in [2.45, 2.75) is 26.9 Å². The van der Waals surface area contributed by atoms with E-state index in [1.807, 2.05) is 0 Å². The van der Waals surface area contributed by atoms with Crippen LogP contribution in [0.1, 0.15) is 28.7 Å². The van der Waals surface area contributed by atoms with E-state index in [1.165, 1.54) is 14.0 Å².